The molecule has 18 heavy (non-hydrogen) atoms. The minimum absolute atomic E-state index is 0. The molecule has 0 aromatic heterocycles. The van der Waals surface area contributed by atoms with E-state index in [0.717, 1.165) is 5.92 Å². The van der Waals surface area contributed by atoms with Crippen molar-refractivity contribution in [2.24, 2.45) is 5.92 Å². The molecule has 2 aliphatic heterocycles. The van der Waals surface area contributed by atoms with Crippen molar-refractivity contribution in [3.63, 3.8) is 0 Å². The average molecular weight is 273 g/mol. The lowest BCUT2D eigenvalue weighted by Gasteiger charge is -2.43. The summed E-state index contributed by atoms with van der Waals surface area (Å²) in [6.45, 7) is 5.29. The smallest absolute Gasteiger partial charge is 0.0210 e. The lowest BCUT2D eigenvalue weighted by molar-refractivity contribution is 0.0721. The number of nitrogens with zero attached hydrogens (tertiary/aromatic N) is 1. The van der Waals surface area contributed by atoms with Crippen LogP contribution in [0, 0.1) is 5.92 Å². The molecule has 1 atom stereocenters. The predicted molar refractivity (Wildman–Crippen MR) is 79.5 cm³/mol. The van der Waals surface area contributed by atoms with Crippen molar-refractivity contribution in [3.05, 3.63) is 0 Å². The van der Waals surface area contributed by atoms with Gasteiger partial charge in [-0.15, -0.1) is 12.4 Å². The van der Waals surface area contributed by atoms with E-state index in [1.54, 1.807) is 0 Å². The molecular weight excluding hydrogens is 244 g/mol. The summed E-state index contributed by atoms with van der Waals surface area (Å²) in [6, 6.07) is 0. The largest absolute Gasteiger partial charge is 0.316 e. The van der Waals surface area contributed by atoms with Gasteiger partial charge < -0.3 is 5.32 Å². The fourth-order valence-electron chi connectivity index (χ4n) is 4.45. The van der Waals surface area contributed by atoms with E-state index in [1.807, 2.05) is 0 Å². The highest BCUT2D eigenvalue weighted by Gasteiger charge is 2.41. The van der Waals surface area contributed by atoms with Gasteiger partial charge in [-0.1, -0.05) is 19.3 Å². The Morgan fingerprint density at radius 2 is 1.78 bits per heavy atom. The summed E-state index contributed by atoms with van der Waals surface area (Å²) in [6.07, 6.45) is 13.2. The molecule has 1 aliphatic carbocycles. The zero-order valence-electron chi connectivity index (χ0n) is 11.6. The SMILES string of the molecule is C1CCC2(CC1)CCCN2CC1CCCNC1.Cl. The zero-order chi connectivity index (χ0) is 11.6. The van der Waals surface area contributed by atoms with E-state index in [9.17, 15) is 0 Å². The summed E-state index contributed by atoms with van der Waals surface area (Å²) in [4.78, 5) is 2.89. The minimum Gasteiger partial charge on any atom is -0.316 e. The molecule has 1 unspecified atom stereocenters. The fourth-order valence-corrected chi connectivity index (χ4v) is 4.45. The number of rotatable bonds is 2. The summed E-state index contributed by atoms with van der Waals surface area (Å²) in [7, 11) is 0. The summed E-state index contributed by atoms with van der Waals surface area (Å²) in [5, 5.41) is 3.57. The van der Waals surface area contributed by atoms with Gasteiger partial charge in [0.15, 0.2) is 0 Å². The minimum atomic E-state index is 0. The lowest BCUT2D eigenvalue weighted by Crippen LogP contribution is -2.49. The van der Waals surface area contributed by atoms with E-state index in [4.69, 9.17) is 0 Å². The van der Waals surface area contributed by atoms with E-state index in [2.05, 4.69) is 10.2 Å². The average Bonchev–Trinajstić information content (AvgIpc) is 2.74. The van der Waals surface area contributed by atoms with Gasteiger partial charge in [-0.3, -0.25) is 4.90 Å². The summed E-state index contributed by atoms with van der Waals surface area (Å²) < 4.78 is 0. The first-order chi connectivity index (χ1) is 8.39. The van der Waals surface area contributed by atoms with Crippen LogP contribution in [0.15, 0.2) is 0 Å². The van der Waals surface area contributed by atoms with Crippen molar-refractivity contribution in [3.8, 4) is 0 Å². The highest BCUT2D eigenvalue weighted by molar-refractivity contribution is 5.85. The van der Waals surface area contributed by atoms with E-state index in [1.165, 1.54) is 84.0 Å². The van der Waals surface area contributed by atoms with Gasteiger partial charge in [0.2, 0.25) is 0 Å². The molecule has 2 nitrogen and oxygen atoms in total. The third-order valence-electron chi connectivity index (χ3n) is 5.40. The molecule has 0 aromatic carbocycles. The molecule has 2 saturated heterocycles. The van der Waals surface area contributed by atoms with Gasteiger partial charge in [0.25, 0.3) is 0 Å². The van der Waals surface area contributed by atoms with Crippen LogP contribution >= 0.6 is 12.4 Å². The summed E-state index contributed by atoms with van der Waals surface area (Å²) >= 11 is 0. The number of hydrogen-bond acceptors (Lipinski definition) is 2. The van der Waals surface area contributed by atoms with Crippen LogP contribution in [0.4, 0.5) is 0 Å². The van der Waals surface area contributed by atoms with Gasteiger partial charge in [0.05, 0.1) is 0 Å². The zero-order valence-corrected chi connectivity index (χ0v) is 12.4. The number of nitrogens with one attached hydrogen (secondary N) is 1. The third-order valence-corrected chi connectivity index (χ3v) is 5.40. The maximum atomic E-state index is 3.57. The van der Waals surface area contributed by atoms with Gasteiger partial charge in [-0.25, -0.2) is 0 Å². The predicted octanol–water partition coefficient (Wildman–Crippen LogP) is 3.21. The van der Waals surface area contributed by atoms with E-state index < -0.39 is 0 Å². The molecule has 0 bridgehead atoms. The van der Waals surface area contributed by atoms with Crippen LogP contribution in [0.1, 0.15) is 57.8 Å². The van der Waals surface area contributed by atoms with E-state index in [-0.39, 0.29) is 12.4 Å². The molecule has 1 spiro atoms. The number of likely N-dealkylation sites (tertiary alicyclic amines) is 1. The standard InChI is InChI=1S/C15H28N2.ClH/c1-2-7-15(8-3-1)9-5-11-17(15)13-14-6-4-10-16-12-14;/h14,16H,1-13H2;1H. The monoisotopic (exact) mass is 272 g/mol. The first-order valence-corrected chi connectivity index (χ1v) is 7.85. The maximum absolute atomic E-state index is 3.57. The van der Waals surface area contributed by atoms with Crippen molar-refractivity contribution >= 4 is 12.4 Å². The van der Waals surface area contributed by atoms with Crippen LogP contribution in [0.5, 0.6) is 0 Å². The van der Waals surface area contributed by atoms with Gasteiger partial charge in [-0.2, -0.15) is 0 Å². The Morgan fingerprint density at radius 1 is 1.00 bits per heavy atom. The van der Waals surface area contributed by atoms with Crippen molar-refractivity contribution in [1.29, 1.82) is 0 Å². The molecule has 1 N–H and O–H groups in total. The molecule has 3 fully saturated rings. The molecule has 0 aromatic rings. The van der Waals surface area contributed by atoms with E-state index >= 15 is 0 Å². The van der Waals surface area contributed by atoms with Crippen LogP contribution < -0.4 is 5.32 Å². The molecule has 0 amide bonds. The molecule has 1 saturated carbocycles. The fraction of sp³-hybridized carbons (Fsp3) is 1.00. The highest BCUT2D eigenvalue weighted by Crippen LogP contribution is 2.42. The molecule has 0 radical (unpaired) electrons. The van der Waals surface area contributed by atoms with Crippen LogP contribution in [0.25, 0.3) is 0 Å². The molecule has 2 heterocycles. The van der Waals surface area contributed by atoms with Crippen molar-refractivity contribution in [2.45, 2.75) is 63.3 Å². The third kappa shape index (κ3) is 3.02. The number of piperidine rings is 1. The first-order valence-electron chi connectivity index (χ1n) is 7.85. The number of hydrogen-bond donors (Lipinski definition) is 1. The maximum Gasteiger partial charge on any atom is 0.0210 e. The second-order valence-electron chi connectivity index (χ2n) is 6.55. The first kappa shape index (κ1) is 14.6. The molecule has 106 valence electrons. The van der Waals surface area contributed by atoms with Crippen molar-refractivity contribution in [2.75, 3.05) is 26.2 Å². The van der Waals surface area contributed by atoms with Gasteiger partial charge >= 0.3 is 0 Å². The normalized spacial score (nSPS) is 32.3. The lowest BCUT2D eigenvalue weighted by atomic mass is 9.79. The quantitative estimate of drug-likeness (QED) is 0.831. The topological polar surface area (TPSA) is 15.3 Å². The molecular formula is C15H29ClN2. The molecule has 3 heteroatoms. The Hall–Kier alpha value is 0.210. The van der Waals surface area contributed by atoms with E-state index in [0.29, 0.717) is 5.54 Å². The van der Waals surface area contributed by atoms with Gasteiger partial charge in [-0.05, 0) is 64.1 Å². The van der Waals surface area contributed by atoms with Crippen LogP contribution in [-0.2, 0) is 0 Å². The summed E-state index contributed by atoms with van der Waals surface area (Å²) in [5.41, 5.74) is 0.649. The van der Waals surface area contributed by atoms with Crippen LogP contribution in [0.3, 0.4) is 0 Å². The van der Waals surface area contributed by atoms with Crippen molar-refractivity contribution < 1.29 is 0 Å². The second-order valence-corrected chi connectivity index (χ2v) is 6.55. The highest BCUT2D eigenvalue weighted by atomic mass is 35.5. The van der Waals surface area contributed by atoms with Crippen LogP contribution in [-0.4, -0.2) is 36.6 Å². The van der Waals surface area contributed by atoms with Crippen LogP contribution in [0.2, 0.25) is 0 Å². The molecule has 3 aliphatic rings. The molecule has 3 rings (SSSR count). The Balaban J connectivity index is 0.00000120. The number of halogens is 1. The Morgan fingerprint density at radius 3 is 2.50 bits per heavy atom. The summed E-state index contributed by atoms with van der Waals surface area (Å²) in [5.74, 6) is 0.931. The Kier molecular flexibility index (Phi) is 5.35. The van der Waals surface area contributed by atoms with Gasteiger partial charge in [0, 0.05) is 12.1 Å². The Bertz CT molecular complexity index is 245. The van der Waals surface area contributed by atoms with Crippen molar-refractivity contribution in [1.82, 2.24) is 10.2 Å². The Labute approximate surface area is 118 Å². The second kappa shape index (κ2) is 6.58. The van der Waals surface area contributed by atoms with Gasteiger partial charge in [0.1, 0.15) is 0 Å².